The van der Waals surface area contributed by atoms with Gasteiger partial charge in [0.1, 0.15) is 5.75 Å². The topological polar surface area (TPSA) is 64.3 Å². The number of benzene rings is 1. The van der Waals surface area contributed by atoms with E-state index in [0.717, 1.165) is 5.56 Å². The van der Waals surface area contributed by atoms with Crippen molar-refractivity contribution >= 4 is 11.6 Å². The summed E-state index contributed by atoms with van der Waals surface area (Å²) in [6.07, 6.45) is 0.681. The monoisotopic (exact) mass is 236 g/mol. The van der Waals surface area contributed by atoms with Crippen molar-refractivity contribution in [1.29, 1.82) is 0 Å². The number of amides is 1. The predicted molar refractivity (Wildman–Crippen MR) is 69.2 cm³/mol. The molecule has 1 aromatic rings. The first-order valence-electron chi connectivity index (χ1n) is 5.74. The molecule has 1 unspecified atom stereocenters. The van der Waals surface area contributed by atoms with E-state index in [1.54, 1.807) is 7.11 Å². The zero-order valence-electron chi connectivity index (χ0n) is 10.6. The first kappa shape index (κ1) is 13.5. The summed E-state index contributed by atoms with van der Waals surface area (Å²) in [6.45, 7) is 4.35. The molecule has 0 aliphatic rings. The van der Waals surface area contributed by atoms with Crippen molar-refractivity contribution in [3.8, 4) is 5.75 Å². The van der Waals surface area contributed by atoms with E-state index in [-0.39, 0.29) is 11.8 Å². The van der Waals surface area contributed by atoms with E-state index in [9.17, 15) is 4.79 Å². The van der Waals surface area contributed by atoms with Crippen LogP contribution in [-0.4, -0.2) is 19.6 Å². The van der Waals surface area contributed by atoms with E-state index in [4.69, 9.17) is 10.5 Å². The summed E-state index contributed by atoms with van der Waals surface area (Å²) in [5.74, 6) is 0.557. The average molecular weight is 236 g/mol. The molecule has 0 radical (unpaired) electrons. The van der Waals surface area contributed by atoms with Crippen LogP contribution in [0.3, 0.4) is 0 Å². The summed E-state index contributed by atoms with van der Waals surface area (Å²) in [5.41, 5.74) is 7.23. The first-order valence-corrected chi connectivity index (χ1v) is 5.74. The molecule has 0 fully saturated rings. The van der Waals surface area contributed by atoms with Gasteiger partial charge in [-0.25, -0.2) is 0 Å². The van der Waals surface area contributed by atoms with E-state index in [1.165, 1.54) is 0 Å². The number of ether oxygens (including phenoxy) is 1. The molecule has 0 aliphatic carbocycles. The lowest BCUT2D eigenvalue weighted by atomic mass is 10.1. The first-order chi connectivity index (χ1) is 8.08. The predicted octanol–water partition coefficient (Wildman–Crippen LogP) is 1.93. The highest BCUT2D eigenvalue weighted by Crippen LogP contribution is 2.25. The van der Waals surface area contributed by atoms with E-state index in [0.29, 0.717) is 24.4 Å². The van der Waals surface area contributed by atoms with Gasteiger partial charge in [0, 0.05) is 5.92 Å². The number of anilines is 1. The lowest BCUT2D eigenvalue weighted by Crippen LogP contribution is -2.23. The third-order valence-corrected chi connectivity index (χ3v) is 2.66. The Morgan fingerprint density at radius 1 is 1.53 bits per heavy atom. The molecule has 0 spiro atoms. The van der Waals surface area contributed by atoms with Crippen LogP contribution in [0, 0.1) is 12.8 Å². The molecular weight excluding hydrogens is 216 g/mol. The minimum absolute atomic E-state index is 0.0300. The number of nitrogens with one attached hydrogen (secondary N) is 1. The van der Waals surface area contributed by atoms with Crippen LogP contribution in [0.25, 0.3) is 0 Å². The molecule has 1 aromatic carbocycles. The van der Waals surface area contributed by atoms with Crippen molar-refractivity contribution in [2.75, 3.05) is 19.0 Å². The highest BCUT2D eigenvalue weighted by molar-refractivity contribution is 5.93. The Kier molecular flexibility index (Phi) is 4.97. The van der Waals surface area contributed by atoms with Crippen LogP contribution in [0.15, 0.2) is 18.2 Å². The maximum absolute atomic E-state index is 11.8. The fourth-order valence-electron chi connectivity index (χ4n) is 1.54. The number of hydrogen-bond donors (Lipinski definition) is 2. The third kappa shape index (κ3) is 3.75. The van der Waals surface area contributed by atoms with E-state index < -0.39 is 0 Å². The Bertz CT molecular complexity index is 391. The molecule has 4 nitrogen and oxygen atoms in total. The number of rotatable bonds is 5. The van der Waals surface area contributed by atoms with Crippen LogP contribution in [-0.2, 0) is 4.79 Å². The number of carbonyl (C=O) groups excluding carboxylic acids is 1. The lowest BCUT2D eigenvalue weighted by Gasteiger charge is -2.14. The SMILES string of the molecule is COc1cc(C)ccc1NC(=O)C(C)CCN. The van der Waals surface area contributed by atoms with Gasteiger partial charge in [-0.1, -0.05) is 13.0 Å². The molecule has 1 atom stereocenters. The molecule has 17 heavy (non-hydrogen) atoms. The van der Waals surface area contributed by atoms with Gasteiger partial charge in [-0.05, 0) is 37.6 Å². The van der Waals surface area contributed by atoms with Gasteiger partial charge >= 0.3 is 0 Å². The number of nitrogens with two attached hydrogens (primary N) is 1. The maximum atomic E-state index is 11.8. The molecular formula is C13H20N2O2. The summed E-state index contributed by atoms with van der Waals surface area (Å²) in [7, 11) is 1.59. The van der Waals surface area contributed by atoms with Crippen molar-refractivity contribution in [3.05, 3.63) is 23.8 Å². The van der Waals surface area contributed by atoms with Crippen LogP contribution in [0.1, 0.15) is 18.9 Å². The zero-order chi connectivity index (χ0) is 12.8. The number of carbonyl (C=O) groups is 1. The summed E-state index contributed by atoms with van der Waals surface area (Å²) in [5, 5.41) is 2.85. The van der Waals surface area contributed by atoms with Crippen LogP contribution < -0.4 is 15.8 Å². The molecule has 94 valence electrons. The summed E-state index contributed by atoms with van der Waals surface area (Å²) in [4.78, 5) is 11.8. The van der Waals surface area contributed by atoms with Gasteiger partial charge in [0.15, 0.2) is 0 Å². The molecule has 0 aliphatic heterocycles. The normalized spacial score (nSPS) is 12.0. The van der Waals surface area contributed by atoms with E-state index in [1.807, 2.05) is 32.0 Å². The van der Waals surface area contributed by atoms with Crippen molar-refractivity contribution in [3.63, 3.8) is 0 Å². The second kappa shape index (κ2) is 6.25. The third-order valence-electron chi connectivity index (χ3n) is 2.66. The van der Waals surface area contributed by atoms with Gasteiger partial charge in [-0.15, -0.1) is 0 Å². The number of aryl methyl sites for hydroxylation is 1. The van der Waals surface area contributed by atoms with Gasteiger partial charge in [-0.3, -0.25) is 4.79 Å². The Morgan fingerprint density at radius 2 is 2.24 bits per heavy atom. The minimum atomic E-state index is -0.0917. The molecule has 1 amide bonds. The van der Waals surface area contributed by atoms with Gasteiger partial charge in [0.05, 0.1) is 12.8 Å². The average Bonchev–Trinajstić information content (AvgIpc) is 2.31. The van der Waals surface area contributed by atoms with Crippen LogP contribution >= 0.6 is 0 Å². The Balaban J connectivity index is 2.77. The fraction of sp³-hybridized carbons (Fsp3) is 0.462. The molecule has 0 aromatic heterocycles. The molecule has 3 N–H and O–H groups in total. The molecule has 0 heterocycles. The maximum Gasteiger partial charge on any atom is 0.227 e. The molecule has 0 bridgehead atoms. The van der Waals surface area contributed by atoms with Crippen LogP contribution in [0.2, 0.25) is 0 Å². The molecule has 0 saturated heterocycles. The van der Waals surface area contributed by atoms with Crippen molar-refractivity contribution in [2.45, 2.75) is 20.3 Å². The smallest absolute Gasteiger partial charge is 0.227 e. The van der Waals surface area contributed by atoms with Crippen molar-refractivity contribution in [2.24, 2.45) is 11.7 Å². The van der Waals surface area contributed by atoms with Gasteiger partial charge in [0.2, 0.25) is 5.91 Å². The quantitative estimate of drug-likeness (QED) is 0.821. The lowest BCUT2D eigenvalue weighted by molar-refractivity contribution is -0.119. The second-order valence-corrected chi connectivity index (χ2v) is 4.17. The number of hydrogen-bond acceptors (Lipinski definition) is 3. The summed E-state index contributed by atoms with van der Waals surface area (Å²) in [6, 6.07) is 5.68. The van der Waals surface area contributed by atoms with Gasteiger partial charge in [0.25, 0.3) is 0 Å². The zero-order valence-corrected chi connectivity index (χ0v) is 10.6. The van der Waals surface area contributed by atoms with E-state index >= 15 is 0 Å². The van der Waals surface area contributed by atoms with Crippen LogP contribution in [0.4, 0.5) is 5.69 Å². The summed E-state index contributed by atoms with van der Waals surface area (Å²) >= 11 is 0. The van der Waals surface area contributed by atoms with Crippen molar-refractivity contribution < 1.29 is 9.53 Å². The Hall–Kier alpha value is -1.55. The van der Waals surface area contributed by atoms with Gasteiger partial charge < -0.3 is 15.8 Å². The molecule has 4 heteroatoms. The Morgan fingerprint density at radius 3 is 2.82 bits per heavy atom. The van der Waals surface area contributed by atoms with Gasteiger partial charge in [-0.2, -0.15) is 0 Å². The standard InChI is InChI=1S/C13H20N2O2/c1-9-4-5-11(12(8-9)17-3)15-13(16)10(2)6-7-14/h4-5,8,10H,6-7,14H2,1-3H3,(H,15,16). The number of methoxy groups -OCH3 is 1. The highest BCUT2D eigenvalue weighted by Gasteiger charge is 2.14. The summed E-state index contributed by atoms with van der Waals surface area (Å²) < 4.78 is 5.23. The molecule has 0 saturated carbocycles. The van der Waals surface area contributed by atoms with Crippen molar-refractivity contribution in [1.82, 2.24) is 0 Å². The minimum Gasteiger partial charge on any atom is -0.495 e. The largest absolute Gasteiger partial charge is 0.495 e. The van der Waals surface area contributed by atoms with Crippen LogP contribution in [0.5, 0.6) is 5.75 Å². The fourth-order valence-corrected chi connectivity index (χ4v) is 1.54. The Labute approximate surface area is 102 Å². The van der Waals surface area contributed by atoms with E-state index in [2.05, 4.69) is 5.32 Å². The second-order valence-electron chi connectivity index (χ2n) is 4.17. The molecule has 1 rings (SSSR count). The highest BCUT2D eigenvalue weighted by atomic mass is 16.5.